The molecule has 4 N–H and O–H groups in total. The lowest BCUT2D eigenvalue weighted by atomic mass is 9.42. The molecule has 32 heavy (non-hydrogen) atoms. The maximum atomic E-state index is 12.8. The molecule has 6 aliphatic rings. The minimum Gasteiger partial charge on any atom is -0.396 e. The van der Waals surface area contributed by atoms with Crippen LogP contribution in [0.1, 0.15) is 32.6 Å². The molecule has 8 heteroatoms. The fourth-order valence-corrected chi connectivity index (χ4v) is 10.7. The highest BCUT2D eigenvalue weighted by Gasteiger charge is 2.91. The maximum Gasteiger partial charge on any atom is 0.136 e. The number of hydrogen-bond acceptors (Lipinski definition) is 8. The van der Waals surface area contributed by atoms with Crippen molar-refractivity contribution in [1.29, 1.82) is 0 Å². The Labute approximate surface area is 189 Å². The molecule has 6 rings (SSSR count). The second-order valence-corrected chi connectivity index (χ2v) is 11.6. The van der Waals surface area contributed by atoms with Crippen molar-refractivity contribution in [2.75, 3.05) is 41.0 Å². The third-order valence-corrected chi connectivity index (χ3v) is 11.4. The number of nitrogens with zero attached hydrogens (tertiary/aromatic N) is 1. The van der Waals surface area contributed by atoms with Crippen LogP contribution in [0.25, 0.3) is 0 Å². The van der Waals surface area contributed by atoms with Crippen LogP contribution >= 0.6 is 0 Å². The minimum atomic E-state index is -1.60. The van der Waals surface area contributed by atoms with E-state index in [1.54, 1.807) is 21.3 Å². The maximum absolute atomic E-state index is 12.8. The van der Waals surface area contributed by atoms with Crippen LogP contribution in [0.2, 0.25) is 0 Å². The molecule has 0 aromatic rings. The smallest absolute Gasteiger partial charge is 0.136 e. The van der Waals surface area contributed by atoms with Crippen molar-refractivity contribution in [2.24, 2.45) is 34.5 Å². The predicted octanol–water partition coefficient (Wildman–Crippen LogP) is -0.383. The van der Waals surface area contributed by atoms with Gasteiger partial charge in [-0.1, -0.05) is 6.92 Å². The molecule has 5 saturated carbocycles. The Morgan fingerprint density at radius 1 is 1.09 bits per heavy atom. The first kappa shape index (κ1) is 22.2. The van der Waals surface area contributed by atoms with E-state index in [9.17, 15) is 20.4 Å². The topological polar surface area (TPSA) is 112 Å². The second kappa shape index (κ2) is 6.66. The summed E-state index contributed by atoms with van der Waals surface area (Å²) < 4.78 is 18.0. The van der Waals surface area contributed by atoms with Crippen LogP contribution in [0.3, 0.4) is 0 Å². The molecule has 7 bridgehead atoms. The number of ether oxygens (including phenoxy) is 3. The number of aliphatic hydroxyl groups excluding tert-OH is 2. The normalized spacial score (nSPS) is 62.4. The van der Waals surface area contributed by atoms with Crippen LogP contribution in [0.5, 0.6) is 0 Å². The molecule has 5 aliphatic carbocycles. The summed E-state index contributed by atoms with van der Waals surface area (Å²) in [6.45, 7) is 3.36. The van der Waals surface area contributed by atoms with Crippen molar-refractivity contribution in [1.82, 2.24) is 4.90 Å². The molecule has 1 heterocycles. The number of hydrogen-bond donors (Lipinski definition) is 4. The Morgan fingerprint density at radius 3 is 2.44 bits per heavy atom. The number of piperidine rings is 1. The molecule has 6 fully saturated rings. The van der Waals surface area contributed by atoms with Gasteiger partial charge in [-0.15, -0.1) is 0 Å². The average molecular weight is 454 g/mol. The van der Waals surface area contributed by atoms with Gasteiger partial charge < -0.3 is 34.6 Å². The monoisotopic (exact) mass is 453 g/mol. The van der Waals surface area contributed by atoms with Crippen LogP contribution in [-0.4, -0.2) is 108 Å². The number of fused-ring (bicyclic) bond motifs is 2. The minimum absolute atomic E-state index is 0.0149. The van der Waals surface area contributed by atoms with Gasteiger partial charge in [-0.3, -0.25) is 4.90 Å². The van der Waals surface area contributed by atoms with Crippen molar-refractivity contribution in [3.63, 3.8) is 0 Å². The standard InChI is InChI=1S/C24H39NO7/c1-5-25-10-21(11-26)7-6-15(27)23-13-8-12-14(30-2)9-22(28,16(13)17(12)31-3)24(29,20(23)25)19(32-4)18(21)23/h12-20,26-29H,5-11H2,1-4H3/t12-,13+,14+,15-,16-,17+,18-,19+,20+,21-,22+,23+,24-/m1/s1. The van der Waals surface area contributed by atoms with E-state index in [2.05, 4.69) is 11.8 Å². The molecule has 1 saturated heterocycles. The lowest BCUT2D eigenvalue weighted by Crippen LogP contribution is -2.82. The SMILES string of the molecule is CCN1C[C@@]2(CO)CC[C@@H](O)[C@@]34[C@@H]2[C@H](OC)[C@@](O)([C@@H]13)[C@]1(O)C[C@H](OC)[C@H]2C[C@H]4[C@@H]1[C@H]2OC. The first-order valence-corrected chi connectivity index (χ1v) is 12.3. The van der Waals surface area contributed by atoms with Gasteiger partial charge in [0.05, 0.1) is 37.1 Å². The van der Waals surface area contributed by atoms with Gasteiger partial charge in [-0.05, 0) is 31.7 Å². The lowest BCUT2D eigenvalue weighted by molar-refractivity contribution is -0.318. The van der Waals surface area contributed by atoms with Crippen LogP contribution in [0, 0.1) is 34.5 Å². The van der Waals surface area contributed by atoms with Crippen molar-refractivity contribution in [3.05, 3.63) is 0 Å². The van der Waals surface area contributed by atoms with Gasteiger partial charge in [-0.2, -0.15) is 0 Å². The molecule has 1 aliphatic heterocycles. The first-order chi connectivity index (χ1) is 15.3. The molecule has 1 spiro atoms. The fraction of sp³-hybridized carbons (Fsp3) is 1.00. The van der Waals surface area contributed by atoms with Gasteiger partial charge >= 0.3 is 0 Å². The van der Waals surface area contributed by atoms with Crippen LogP contribution in [-0.2, 0) is 14.2 Å². The Morgan fingerprint density at radius 2 is 1.84 bits per heavy atom. The molecule has 13 atom stereocenters. The largest absolute Gasteiger partial charge is 0.396 e. The zero-order valence-corrected chi connectivity index (χ0v) is 19.6. The Balaban J connectivity index is 1.68. The van der Waals surface area contributed by atoms with Gasteiger partial charge in [-0.25, -0.2) is 0 Å². The fourth-order valence-electron chi connectivity index (χ4n) is 10.7. The third-order valence-electron chi connectivity index (χ3n) is 11.4. The van der Waals surface area contributed by atoms with Crippen molar-refractivity contribution in [3.8, 4) is 0 Å². The number of likely N-dealkylation sites (N-methyl/N-ethyl adjacent to an activating group) is 1. The zero-order chi connectivity index (χ0) is 22.8. The summed E-state index contributed by atoms with van der Waals surface area (Å²) in [6, 6.07) is -0.442. The van der Waals surface area contributed by atoms with E-state index in [1.807, 2.05) is 0 Å². The summed E-state index contributed by atoms with van der Waals surface area (Å²) in [5.41, 5.74) is -4.23. The molecule has 0 unspecified atom stereocenters. The summed E-state index contributed by atoms with van der Waals surface area (Å²) >= 11 is 0. The van der Waals surface area contributed by atoms with E-state index < -0.39 is 40.3 Å². The van der Waals surface area contributed by atoms with Crippen molar-refractivity contribution in [2.45, 2.75) is 74.3 Å². The molecule has 0 radical (unpaired) electrons. The Hall–Kier alpha value is -0.320. The Bertz CT molecular complexity index is 798. The number of likely N-dealkylation sites (tertiary alicyclic amines) is 1. The highest BCUT2D eigenvalue weighted by molar-refractivity contribution is 5.41. The van der Waals surface area contributed by atoms with E-state index >= 15 is 0 Å². The zero-order valence-electron chi connectivity index (χ0n) is 19.6. The van der Waals surface area contributed by atoms with Gasteiger partial charge in [0.25, 0.3) is 0 Å². The van der Waals surface area contributed by atoms with Gasteiger partial charge in [0, 0.05) is 62.9 Å². The molecule has 182 valence electrons. The summed E-state index contributed by atoms with van der Waals surface area (Å²) in [6.07, 6.45) is 0.570. The van der Waals surface area contributed by atoms with Crippen LogP contribution in [0.15, 0.2) is 0 Å². The highest BCUT2D eigenvalue weighted by atomic mass is 16.5. The van der Waals surface area contributed by atoms with Gasteiger partial charge in [0.1, 0.15) is 11.2 Å². The average Bonchev–Trinajstić information content (AvgIpc) is 3.21. The number of aliphatic hydroxyl groups is 4. The number of methoxy groups -OCH3 is 3. The summed E-state index contributed by atoms with van der Waals surface area (Å²) in [5.74, 6) is -0.488. The summed E-state index contributed by atoms with van der Waals surface area (Å²) in [5, 5.41) is 48.0. The second-order valence-electron chi connectivity index (χ2n) is 11.6. The summed E-state index contributed by atoms with van der Waals surface area (Å²) in [7, 11) is 4.95. The molecule has 8 nitrogen and oxygen atoms in total. The van der Waals surface area contributed by atoms with Gasteiger partial charge in [0.15, 0.2) is 0 Å². The molecule has 0 aromatic heterocycles. The van der Waals surface area contributed by atoms with Crippen LogP contribution < -0.4 is 0 Å². The van der Waals surface area contributed by atoms with Crippen molar-refractivity contribution < 1.29 is 34.6 Å². The predicted molar refractivity (Wildman–Crippen MR) is 114 cm³/mol. The molecule has 0 amide bonds. The van der Waals surface area contributed by atoms with E-state index in [4.69, 9.17) is 14.2 Å². The third kappa shape index (κ3) is 1.96. The van der Waals surface area contributed by atoms with Gasteiger partial charge in [0.2, 0.25) is 0 Å². The summed E-state index contributed by atoms with van der Waals surface area (Å²) in [4.78, 5) is 2.23. The number of rotatable bonds is 5. The molecular weight excluding hydrogens is 414 g/mol. The molecular formula is C24H39NO7. The molecule has 0 aromatic carbocycles. The first-order valence-electron chi connectivity index (χ1n) is 12.3. The lowest BCUT2D eigenvalue weighted by Gasteiger charge is -2.69. The van der Waals surface area contributed by atoms with E-state index in [-0.39, 0.29) is 42.5 Å². The van der Waals surface area contributed by atoms with E-state index in [1.165, 1.54) is 0 Å². The Kier molecular flexibility index (Phi) is 4.62. The van der Waals surface area contributed by atoms with E-state index in [0.717, 1.165) is 6.42 Å². The van der Waals surface area contributed by atoms with E-state index in [0.29, 0.717) is 32.4 Å². The quantitative estimate of drug-likeness (QED) is 0.446. The highest BCUT2D eigenvalue weighted by Crippen LogP contribution is 2.80. The van der Waals surface area contributed by atoms with Crippen LogP contribution in [0.4, 0.5) is 0 Å². The van der Waals surface area contributed by atoms with Crippen molar-refractivity contribution >= 4 is 0 Å².